The lowest BCUT2D eigenvalue weighted by Gasteiger charge is -2.36. The van der Waals surface area contributed by atoms with Crippen LogP contribution in [0.25, 0.3) is 0 Å². The Morgan fingerprint density at radius 2 is 2.14 bits per heavy atom. The van der Waals surface area contributed by atoms with Gasteiger partial charge < -0.3 is 11.1 Å². The number of hydrogen-bond donors (Lipinski definition) is 3. The molecule has 1 fully saturated rings. The zero-order valence-electron chi connectivity index (χ0n) is 8.21. The van der Waals surface area contributed by atoms with E-state index in [0.717, 1.165) is 38.2 Å². The molecular formula is C10H16N4. The summed E-state index contributed by atoms with van der Waals surface area (Å²) in [6, 6.07) is 0. The summed E-state index contributed by atoms with van der Waals surface area (Å²) < 4.78 is 0. The molecular weight excluding hydrogens is 176 g/mol. The summed E-state index contributed by atoms with van der Waals surface area (Å²) in [5.41, 5.74) is 12.0. The zero-order valence-corrected chi connectivity index (χ0v) is 8.21. The minimum absolute atomic E-state index is 0.134. The van der Waals surface area contributed by atoms with Gasteiger partial charge in [0.05, 0.1) is 5.41 Å². The molecule has 0 aromatic carbocycles. The number of nitrogens with two attached hydrogens (primary N) is 1. The van der Waals surface area contributed by atoms with Crippen molar-refractivity contribution in [1.29, 1.82) is 0 Å². The second-order valence-corrected chi connectivity index (χ2v) is 4.24. The fourth-order valence-corrected chi connectivity index (χ4v) is 2.77. The largest absolute Gasteiger partial charge is 0.400 e. The van der Waals surface area contributed by atoms with Gasteiger partial charge in [-0.1, -0.05) is 0 Å². The number of fused-ring (bicyclic) bond motifs is 2. The molecule has 0 aliphatic carbocycles. The van der Waals surface area contributed by atoms with Gasteiger partial charge in [0.25, 0.3) is 0 Å². The SMILES string of the molecule is NC1=CN2NCC=C2C12CCNCC2. The van der Waals surface area contributed by atoms with Crippen LogP contribution in [0.15, 0.2) is 23.7 Å². The maximum absolute atomic E-state index is 6.15. The van der Waals surface area contributed by atoms with Crippen molar-refractivity contribution in [2.45, 2.75) is 12.8 Å². The first kappa shape index (κ1) is 8.32. The van der Waals surface area contributed by atoms with Crippen molar-refractivity contribution in [3.63, 3.8) is 0 Å². The summed E-state index contributed by atoms with van der Waals surface area (Å²) in [6.07, 6.45) is 6.56. The minimum Gasteiger partial charge on any atom is -0.400 e. The second-order valence-electron chi connectivity index (χ2n) is 4.24. The molecule has 76 valence electrons. The lowest BCUT2D eigenvalue weighted by molar-refractivity contribution is 0.262. The van der Waals surface area contributed by atoms with Crippen molar-refractivity contribution in [2.75, 3.05) is 19.6 Å². The van der Waals surface area contributed by atoms with Gasteiger partial charge in [-0.3, -0.25) is 5.01 Å². The highest BCUT2D eigenvalue weighted by Crippen LogP contribution is 2.47. The predicted octanol–water partition coefficient (Wildman–Crippen LogP) is -0.126. The number of hydrazine groups is 1. The van der Waals surface area contributed by atoms with Crippen LogP contribution >= 0.6 is 0 Å². The maximum atomic E-state index is 6.15. The van der Waals surface area contributed by atoms with Crippen LogP contribution in [0.1, 0.15) is 12.8 Å². The Bertz CT molecular complexity index is 312. The van der Waals surface area contributed by atoms with Gasteiger partial charge in [-0.2, -0.15) is 0 Å². The summed E-state index contributed by atoms with van der Waals surface area (Å²) in [6.45, 7) is 3.08. The number of piperidine rings is 1. The van der Waals surface area contributed by atoms with Crippen LogP contribution in [-0.4, -0.2) is 24.6 Å². The van der Waals surface area contributed by atoms with E-state index in [2.05, 4.69) is 21.8 Å². The van der Waals surface area contributed by atoms with Gasteiger partial charge >= 0.3 is 0 Å². The number of rotatable bonds is 0. The molecule has 0 aromatic rings. The van der Waals surface area contributed by atoms with E-state index in [-0.39, 0.29) is 5.41 Å². The summed E-state index contributed by atoms with van der Waals surface area (Å²) in [5.74, 6) is 0. The standard InChI is InChI=1S/C10H16N4/c11-8-7-14-9(1-4-13-14)10(8)2-5-12-6-3-10/h1,7,12-13H,2-6,11H2. The number of hydrogen-bond acceptors (Lipinski definition) is 4. The third kappa shape index (κ3) is 0.898. The normalized spacial score (nSPS) is 29.0. The monoisotopic (exact) mass is 192 g/mol. The third-order valence-corrected chi connectivity index (χ3v) is 3.58. The Labute approximate surface area is 83.8 Å². The fraction of sp³-hybridized carbons (Fsp3) is 0.600. The molecule has 14 heavy (non-hydrogen) atoms. The highest BCUT2D eigenvalue weighted by Gasteiger charge is 2.46. The first-order valence-electron chi connectivity index (χ1n) is 5.25. The highest BCUT2D eigenvalue weighted by atomic mass is 15.5. The average Bonchev–Trinajstić information content (AvgIpc) is 2.74. The molecule has 0 saturated carbocycles. The van der Waals surface area contributed by atoms with Crippen LogP contribution in [0.4, 0.5) is 0 Å². The molecule has 0 atom stereocenters. The maximum Gasteiger partial charge on any atom is 0.0552 e. The average molecular weight is 192 g/mol. The number of nitrogens with zero attached hydrogens (tertiary/aromatic N) is 1. The van der Waals surface area contributed by atoms with E-state index in [0.29, 0.717) is 0 Å². The Hall–Kier alpha value is -1.00. The molecule has 3 aliphatic rings. The second kappa shape index (κ2) is 2.74. The molecule has 4 N–H and O–H groups in total. The Morgan fingerprint density at radius 1 is 1.36 bits per heavy atom. The summed E-state index contributed by atoms with van der Waals surface area (Å²) in [5, 5.41) is 5.49. The van der Waals surface area contributed by atoms with Gasteiger partial charge in [0.1, 0.15) is 0 Å². The molecule has 3 heterocycles. The van der Waals surface area contributed by atoms with Gasteiger partial charge in [-0.05, 0) is 32.0 Å². The smallest absolute Gasteiger partial charge is 0.0552 e. The van der Waals surface area contributed by atoms with Gasteiger partial charge in [0.15, 0.2) is 0 Å². The van der Waals surface area contributed by atoms with Gasteiger partial charge in [0.2, 0.25) is 0 Å². The number of nitrogens with one attached hydrogen (secondary N) is 2. The van der Waals surface area contributed by atoms with Crippen LogP contribution in [0.5, 0.6) is 0 Å². The van der Waals surface area contributed by atoms with E-state index in [1.54, 1.807) is 0 Å². The molecule has 0 radical (unpaired) electrons. The zero-order chi connectivity index (χ0) is 9.60. The highest BCUT2D eigenvalue weighted by molar-refractivity contribution is 5.37. The molecule has 3 aliphatic heterocycles. The van der Waals surface area contributed by atoms with E-state index >= 15 is 0 Å². The molecule has 0 bridgehead atoms. The van der Waals surface area contributed by atoms with Crippen molar-refractivity contribution in [1.82, 2.24) is 15.8 Å². The van der Waals surface area contributed by atoms with Crippen LogP contribution < -0.4 is 16.5 Å². The minimum atomic E-state index is 0.134. The Balaban J connectivity index is 2.00. The molecule has 4 nitrogen and oxygen atoms in total. The van der Waals surface area contributed by atoms with Crippen LogP contribution in [-0.2, 0) is 0 Å². The summed E-state index contributed by atoms with van der Waals surface area (Å²) in [7, 11) is 0. The van der Waals surface area contributed by atoms with Crippen molar-refractivity contribution in [3.05, 3.63) is 23.7 Å². The Morgan fingerprint density at radius 3 is 2.93 bits per heavy atom. The summed E-state index contributed by atoms with van der Waals surface area (Å²) in [4.78, 5) is 0. The molecule has 1 saturated heterocycles. The quantitative estimate of drug-likeness (QED) is 0.500. The first-order chi connectivity index (χ1) is 6.83. The Kier molecular flexibility index (Phi) is 1.63. The van der Waals surface area contributed by atoms with E-state index in [1.807, 2.05) is 6.20 Å². The lowest BCUT2D eigenvalue weighted by Crippen LogP contribution is -2.41. The fourth-order valence-electron chi connectivity index (χ4n) is 2.77. The van der Waals surface area contributed by atoms with Crippen molar-refractivity contribution in [2.24, 2.45) is 11.1 Å². The van der Waals surface area contributed by atoms with E-state index < -0.39 is 0 Å². The van der Waals surface area contributed by atoms with E-state index in [4.69, 9.17) is 5.73 Å². The first-order valence-corrected chi connectivity index (χ1v) is 5.25. The molecule has 0 amide bonds. The molecule has 0 aromatic heterocycles. The van der Waals surface area contributed by atoms with Gasteiger partial charge in [-0.25, -0.2) is 5.43 Å². The lowest BCUT2D eigenvalue weighted by atomic mass is 9.75. The van der Waals surface area contributed by atoms with Gasteiger partial charge in [0, 0.05) is 24.1 Å². The topological polar surface area (TPSA) is 53.3 Å². The molecule has 4 heteroatoms. The predicted molar refractivity (Wildman–Crippen MR) is 54.7 cm³/mol. The third-order valence-electron chi connectivity index (χ3n) is 3.58. The molecule has 0 unspecified atom stereocenters. The molecule has 3 rings (SSSR count). The van der Waals surface area contributed by atoms with E-state index in [9.17, 15) is 0 Å². The van der Waals surface area contributed by atoms with Crippen molar-refractivity contribution >= 4 is 0 Å². The van der Waals surface area contributed by atoms with Crippen LogP contribution in [0, 0.1) is 5.41 Å². The molecule has 1 spiro atoms. The van der Waals surface area contributed by atoms with Gasteiger partial charge in [-0.15, -0.1) is 0 Å². The van der Waals surface area contributed by atoms with Crippen molar-refractivity contribution < 1.29 is 0 Å². The van der Waals surface area contributed by atoms with Crippen LogP contribution in [0.3, 0.4) is 0 Å². The van der Waals surface area contributed by atoms with Crippen LogP contribution in [0.2, 0.25) is 0 Å². The van der Waals surface area contributed by atoms with Crippen molar-refractivity contribution in [3.8, 4) is 0 Å². The summed E-state index contributed by atoms with van der Waals surface area (Å²) >= 11 is 0. The van der Waals surface area contributed by atoms with E-state index in [1.165, 1.54) is 5.70 Å².